The van der Waals surface area contributed by atoms with Crippen LogP contribution in [0.1, 0.15) is 38.7 Å². The van der Waals surface area contributed by atoms with Gasteiger partial charge in [-0.1, -0.05) is 13.8 Å². The molecule has 0 aromatic carbocycles. The lowest BCUT2D eigenvalue weighted by atomic mass is 10.0. The Morgan fingerprint density at radius 2 is 2.05 bits per heavy atom. The SMILES string of the molecule is CCNc1ncnc(NC2CCS(=O)(=O)C2)c1C(C)C. The van der Waals surface area contributed by atoms with Gasteiger partial charge in [-0.15, -0.1) is 0 Å². The molecule has 2 heterocycles. The van der Waals surface area contributed by atoms with E-state index in [9.17, 15) is 8.42 Å². The number of anilines is 2. The van der Waals surface area contributed by atoms with Crippen LogP contribution in [0.5, 0.6) is 0 Å². The number of sulfone groups is 1. The quantitative estimate of drug-likeness (QED) is 0.859. The molecule has 2 N–H and O–H groups in total. The van der Waals surface area contributed by atoms with E-state index in [-0.39, 0.29) is 23.5 Å². The summed E-state index contributed by atoms with van der Waals surface area (Å²) in [4.78, 5) is 8.57. The van der Waals surface area contributed by atoms with Gasteiger partial charge >= 0.3 is 0 Å². The van der Waals surface area contributed by atoms with Gasteiger partial charge in [0.05, 0.1) is 11.5 Å². The van der Waals surface area contributed by atoms with E-state index < -0.39 is 9.84 Å². The molecule has 1 fully saturated rings. The van der Waals surface area contributed by atoms with Gasteiger partial charge in [0.2, 0.25) is 0 Å². The normalized spacial score (nSPS) is 21.1. The molecule has 1 atom stereocenters. The van der Waals surface area contributed by atoms with E-state index in [1.165, 1.54) is 6.33 Å². The molecule has 7 heteroatoms. The lowest BCUT2D eigenvalue weighted by molar-refractivity contribution is 0.602. The molecule has 1 aromatic heterocycles. The molecule has 0 bridgehead atoms. The Bertz CT molecular complexity index is 572. The summed E-state index contributed by atoms with van der Waals surface area (Å²) in [5.74, 6) is 2.26. The highest BCUT2D eigenvalue weighted by Gasteiger charge is 2.29. The molecule has 6 nitrogen and oxygen atoms in total. The van der Waals surface area contributed by atoms with Gasteiger partial charge in [0.1, 0.15) is 18.0 Å². The van der Waals surface area contributed by atoms with Gasteiger partial charge in [0, 0.05) is 18.2 Å². The van der Waals surface area contributed by atoms with Gasteiger partial charge in [-0.2, -0.15) is 0 Å². The maximum atomic E-state index is 11.5. The molecular formula is C13H22N4O2S. The van der Waals surface area contributed by atoms with E-state index in [4.69, 9.17) is 0 Å². The number of nitrogens with one attached hydrogen (secondary N) is 2. The van der Waals surface area contributed by atoms with E-state index in [0.717, 1.165) is 23.7 Å². The highest BCUT2D eigenvalue weighted by atomic mass is 32.2. The van der Waals surface area contributed by atoms with Crippen molar-refractivity contribution in [3.63, 3.8) is 0 Å². The minimum absolute atomic E-state index is 0.0538. The first-order valence-corrected chi connectivity index (χ1v) is 8.80. The number of nitrogens with zero attached hydrogens (tertiary/aromatic N) is 2. The van der Waals surface area contributed by atoms with Crippen molar-refractivity contribution in [1.29, 1.82) is 0 Å². The van der Waals surface area contributed by atoms with E-state index in [0.29, 0.717) is 6.42 Å². The summed E-state index contributed by atoms with van der Waals surface area (Å²) in [6.45, 7) is 6.96. The highest BCUT2D eigenvalue weighted by Crippen LogP contribution is 2.29. The third-order valence-corrected chi connectivity index (χ3v) is 5.15. The molecule has 1 aromatic rings. The van der Waals surface area contributed by atoms with Crippen LogP contribution in [-0.4, -0.2) is 42.5 Å². The molecule has 20 heavy (non-hydrogen) atoms. The molecule has 0 saturated carbocycles. The van der Waals surface area contributed by atoms with E-state index >= 15 is 0 Å². The zero-order chi connectivity index (χ0) is 14.8. The second-order valence-corrected chi connectivity index (χ2v) is 7.64. The van der Waals surface area contributed by atoms with Crippen LogP contribution in [0, 0.1) is 0 Å². The Kier molecular flexibility index (Phi) is 4.47. The van der Waals surface area contributed by atoms with Gasteiger partial charge in [-0.25, -0.2) is 18.4 Å². The number of rotatable bonds is 5. The van der Waals surface area contributed by atoms with Gasteiger partial charge < -0.3 is 10.6 Å². The second kappa shape index (κ2) is 5.95. The molecule has 0 spiro atoms. The van der Waals surface area contributed by atoms with Crippen LogP contribution in [0.15, 0.2) is 6.33 Å². The minimum Gasteiger partial charge on any atom is -0.370 e. The predicted molar refractivity (Wildman–Crippen MR) is 81.0 cm³/mol. The molecule has 1 aliphatic heterocycles. The van der Waals surface area contributed by atoms with Crippen LogP contribution in [0.4, 0.5) is 11.6 Å². The van der Waals surface area contributed by atoms with Crippen molar-refractivity contribution in [3.8, 4) is 0 Å². The fraction of sp³-hybridized carbons (Fsp3) is 0.692. The van der Waals surface area contributed by atoms with E-state index in [1.54, 1.807) is 0 Å². The standard InChI is InChI=1S/C13H22N4O2S/c1-4-14-12-11(9(2)3)13(16-8-15-12)17-10-5-6-20(18,19)7-10/h8-10H,4-7H2,1-3H3,(H2,14,15,16,17). The maximum absolute atomic E-state index is 11.5. The molecule has 0 amide bonds. The van der Waals surface area contributed by atoms with Crippen molar-refractivity contribution < 1.29 is 8.42 Å². The largest absolute Gasteiger partial charge is 0.370 e. The average Bonchev–Trinajstić information content (AvgIpc) is 2.69. The smallest absolute Gasteiger partial charge is 0.152 e. The van der Waals surface area contributed by atoms with Crippen molar-refractivity contribution >= 4 is 21.5 Å². The van der Waals surface area contributed by atoms with Crippen molar-refractivity contribution in [1.82, 2.24) is 9.97 Å². The van der Waals surface area contributed by atoms with Crippen molar-refractivity contribution in [2.45, 2.75) is 39.2 Å². The first kappa shape index (κ1) is 15.0. The summed E-state index contributed by atoms with van der Waals surface area (Å²) >= 11 is 0. The van der Waals surface area contributed by atoms with Gasteiger partial charge in [-0.05, 0) is 19.3 Å². The van der Waals surface area contributed by atoms with Crippen molar-refractivity contribution in [2.75, 3.05) is 28.7 Å². The third kappa shape index (κ3) is 3.39. The maximum Gasteiger partial charge on any atom is 0.152 e. The van der Waals surface area contributed by atoms with E-state index in [1.807, 2.05) is 6.92 Å². The minimum atomic E-state index is -2.89. The molecular weight excluding hydrogens is 276 g/mol. The highest BCUT2D eigenvalue weighted by molar-refractivity contribution is 7.91. The van der Waals surface area contributed by atoms with Crippen LogP contribution in [0.25, 0.3) is 0 Å². The van der Waals surface area contributed by atoms with Crippen molar-refractivity contribution in [2.24, 2.45) is 0 Å². The molecule has 1 unspecified atom stereocenters. The number of hydrogen-bond acceptors (Lipinski definition) is 6. The van der Waals surface area contributed by atoms with Crippen molar-refractivity contribution in [3.05, 3.63) is 11.9 Å². The summed E-state index contributed by atoms with van der Waals surface area (Å²) < 4.78 is 23.1. The molecule has 112 valence electrons. The van der Waals surface area contributed by atoms with Crippen LogP contribution in [0.2, 0.25) is 0 Å². The zero-order valence-electron chi connectivity index (χ0n) is 12.2. The lowest BCUT2D eigenvalue weighted by Crippen LogP contribution is -2.23. The molecule has 1 aliphatic rings. The lowest BCUT2D eigenvalue weighted by Gasteiger charge is -2.19. The molecule has 1 saturated heterocycles. The Morgan fingerprint density at radius 3 is 2.60 bits per heavy atom. The van der Waals surface area contributed by atoms with Crippen LogP contribution in [0.3, 0.4) is 0 Å². The first-order valence-electron chi connectivity index (χ1n) is 6.98. The summed E-state index contributed by atoms with van der Waals surface area (Å²) in [5.41, 5.74) is 1.01. The fourth-order valence-corrected chi connectivity index (χ4v) is 4.14. The summed E-state index contributed by atoms with van der Waals surface area (Å²) in [6.07, 6.45) is 2.15. The topological polar surface area (TPSA) is 84.0 Å². The van der Waals surface area contributed by atoms with Gasteiger partial charge in [-0.3, -0.25) is 0 Å². The summed E-state index contributed by atoms with van der Waals surface area (Å²) in [5, 5.41) is 6.50. The van der Waals surface area contributed by atoms with Gasteiger partial charge in [0.15, 0.2) is 9.84 Å². The Hall–Kier alpha value is -1.37. The molecule has 2 rings (SSSR count). The first-order chi connectivity index (χ1) is 9.43. The fourth-order valence-electron chi connectivity index (χ4n) is 2.47. The second-order valence-electron chi connectivity index (χ2n) is 5.41. The number of aromatic nitrogens is 2. The monoisotopic (exact) mass is 298 g/mol. The average molecular weight is 298 g/mol. The van der Waals surface area contributed by atoms with E-state index in [2.05, 4.69) is 34.4 Å². The molecule has 0 radical (unpaired) electrons. The zero-order valence-corrected chi connectivity index (χ0v) is 13.0. The van der Waals surface area contributed by atoms with Crippen LogP contribution >= 0.6 is 0 Å². The summed E-state index contributed by atoms with van der Waals surface area (Å²) in [6, 6.07) is -0.0538. The van der Waals surface area contributed by atoms with Gasteiger partial charge in [0.25, 0.3) is 0 Å². The Morgan fingerprint density at radius 1 is 1.35 bits per heavy atom. The summed E-state index contributed by atoms with van der Waals surface area (Å²) in [7, 11) is -2.89. The third-order valence-electron chi connectivity index (χ3n) is 3.38. The Balaban J connectivity index is 2.25. The Labute approximate surface area is 120 Å². The van der Waals surface area contributed by atoms with Crippen LogP contribution in [-0.2, 0) is 9.84 Å². The molecule has 0 aliphatic carbocycles. The number of hydrogen-bond donors (Lipinski definition) is 2. The van der Waals surface area contributed by atoms with Crippen LogP contribution < -0.4 is 10.6 Å². The predicted octanol–water partition coefficient (Wildman–Crippen LogP) is 1.63.